The Kier molecular flexibility index (Phi) is 4.75. The minimum absolute atomic E-state index is 0.197. The van der Waals surface area contributed by atoms with Gasteiger partial charge in [0.1, 0.15) is 0 Å². The van der Waals surface area contributed by atoms with Crippen LogP contribution in [0.1, 0.15) is 21.5 Å². The molecule has 1 N–H and O–H groups in total. The van der Waals surface area contributed by atoms with Crippen molar-refractivity contribution < 1.29 is 13.2 Å². The van der Waals surface area contributed by atoms with Gasteiger partial charge in [0.25, 0.3) is 5.91 Å². The van der Waals surface area contributed by atoms with Crippen LogP contribution >= 0.6 is 0 Å². The molecule has 0 fully saturated rings. The molecule has 1 amide bonds. The van der Waals surface area contributed by atoms with Crippen molar-refractivity contribution in [3.05, 3.63) is 59.2 Å². The van der Waals surface area contributed by atoms with Gasteiger partial charge in [-0.1, -0.05) is 6.07 Å². The van der Waals surface area contributed by atoms with E-state index in [0.29, 0.717) is 16.9 Å². The molecule has 0 bridgehead atoms. The molecule has 0 aliphatic carbocycles. The fourth-order valence-corrected chi connectivity index (χ4v) is 2.54. The van der Waals surface area contributed by atoms with Crippen LogP contribution in [0.3, 0.4) is 0 Å². The third-order valence-electron chi connectivity index (χ3n) is 3.76. The Balaban J connectivity index is 2.14. The molecule has 0 atom stereocenters. The van der Waals surface area contributed by atoms with Gasteiger partial charge in [0.05, 0.1) is 11.9 Å². The van der Waals surface area contributed by atoms with Crippen molar-refractivity contribution in [1.82, 2.24) is 0 Å². The number of nitrogens with zero attached hydrogens (tertiary/aromatic N) is 1. The average Bonchev–Trinajstić information content (AvgIpc) is 2.49. The molecule has 23 heavy (non-hydrogen) atoms. The van der Waals surface area contributed by atoms with Crippen molar-refractivity contribution in [2.24, 2.45) is 0 Å². The van der Waals surface area contributed by atoms with Gasteiger partial charge < -0.3 is 5.32 Å². The van der Waals surface area contributed by atoms with E-state index in [4.69, 9.17) is 0 Å². The van der Waals surface area contributed by atoms with Gasteiger partial charge in [-0.3, -0.25) is 9.10 Å². The van der Waals surface area contributed by atoms with E-state index in [0.717, 1.165) is 17.4 Å². The van der Waals surface area contributed by atoms with Gasteiger partial charge in [-0.2, -0.15) is 0 Å². The second-order valence-corrected chi connectivity index (χ2v) is 7.54. The number of amides is 1. The molecule has 0 aromatic heterocycles. The molecule has 0 radical (unpaired) electrons. The van der Waals surface area contributed by atoms with E-state index in [2.05, 4.69) is 5.32 Å². The summed E-state index contributed by atoms with van der Waals surface area (Å²) in [6.07, 6.45) is 1.14. The minimum atomic E-state index is -3.30. The Bertz CT molecular complexity index is 827. The second-order valence-electron chi connectivity index (χ2n) is 5.53. The number of sulfonamides is 1. The zero-order valence-electron chi connectivity index (χ0n) is 13.6. The molecule has 5 nitrogen and oxygen atoms in total. The number of hydrogen-bond acceptors (Lipinski definition) is 3. The predicted octanol–water partition coefficient (Wildman–Crippen LogP) is 2.95. The normalized spacial score (nSPS) is 11.1. The predicted molar refractivity (Wildman–Crippen MR) is 93.6 cm³/mol. The van der Waals surface area contributed by atoms with Crippen molar-refractivity contribution in [1.29, 1.82) is 0 Å². The molecule has 0 saturated carbocycles. The third kappa shape index (κ3) is 4.10. The largest absolute Gasteiger partial charge is 0.322 e. The lowest BCUT2D eigenvalue weighted by atomic mass is 10.1. The molecule has 2 aromatic carbocycles. The summed E-state index contributed by atoms with van der Waals surface area (Å²) in [4.78, 5) is 12.2. The third-order valence-corrected chi connectivity index (χ3v) is 4.96. The molecule has 0 aliphatic heterocycles. The summed E-state index contributed by atoms with van der Waals surface area (Å²) < 4.78 is 24.2. The SMILES string of the molecule is Cc1ccc(C(=O)Nc2ccc(N(C)S(C)(=O)=O)cc2)cc1C. The van der Waals surface area contributed by atoms with Crippen LogP contribution in [0.15, 0.2) is 42.5 Å². The fraction of sp³-hybridized carbons (Fsp3) is 0.235. The number of nitrogens with one attached hydrogen (secondary N) is 1. The van der Waals surface area contributed by atoms with Crippen molar-refractivity contribution in [3.8, 4) is 0 Å². The number of rotatable bonds is 4. The number of benzene rings is 2. The molecule has 0 saturated heterocycles. The first-order valence-corrected chi connectivity index (χ1v) is 8.96. The zero-order chi connectivity index (χ0) is 17.2. The summed E-state index contributed by atoms with van der Waals surface area (Å²) in [6, 6.07) is 12.2. The Morgan fingerprint density at radius 1 is 1.00 bits per heavy atom. The zero-order valence-corrected chi connectivity index (χ0v) is 14.4. The quantitative estimate of drug-likeness (QED) is 0.936. The van der Waals surface area contributed by atoms with E-state index in [9.17, 15) is 13.2 Å². The molecule has 6 heteroatoms. The molecule has 2 rings (SSSR count). The van der Waals surface area contributed by atoms with Crippen LogP contribution in [-0.2, 0) is 10.0 Å². The van der Waals surface area contributed by atoms with Gasteiger partial charge in [0.15, 0.2) is 0 Å². The van der Waals surface area contributed by atoms with E-state index < -0.39 is 10.0 Å². The van der Waals surface area contributed by atoms with E-state index >= 15 is 0 Å². The van der Waals surface area contributed by atoms with Crippen LogP contribution in [0.25, 0.3) is 0 Å². The Morgan fingerprint density at radius 3 is 2.13 bits per heavy atom. The van der Waals surface area contributed by atoms with Crippen molar-refractivity contribution >= 4 is 27.3 Å². The first kappa shape index (κ1) is 17.0. The number of carbonyl (C=O) groups excluding carboxylic acids is 1. The van der Waals surface area contributed by atoms with E-state index in [1.807, 2.05) is 26.0 Å². The highest BCUT2D eigenvalue weighted by atomic mass is 32.2. The first-order valence-electron chi connectivity index (χ1n) is 7.11. The average molecular weight is 332 g/mol. The summed E-state index contributed by atoms with van der Waals surface area (Å²) in [5.41, 5.74) is 3.93. The minimum Gasteiger partial charge on any atom is -0.322 e. The summed E-state index contributed by atoms with van der Waals surface area (Å²) in [6.45, 7) is 3.95. The molecular weight excluding hydrogens is 312 g/mol. The van der Waals surface area contributed by atoms with Crippen LogP contribution in [-0.4, -0.2) is 27.6 Å². The molecule has 0 spiro atoms. The van der Waals surface area contributed by atoms with E-state index in [-0.39, 0.29) is 5.91 Å². The van der Waals surface area contributed by atoms with Crippen LogP contribution < -0.4 is 9.62 Å². The number of aryl methyl sites for hydroxylation is 2. The van der Waals surface area contributed by atoms with Crippen molar-refractivity contribution in [2.45, 2.75) is 13.8 Å². The summed E-state index contributed by atoms with van der Waals surface area (Å²) >= 11 is 0. The van der Waals surface area contributed by atoms with Crippen LogP contribution in [0.4, 0.5) is 11.4 Å². The standard InChI is InChI=1S/C17H20N2O3S/c1-12-5-6-14(11-13(12)2)17(20)18-15-7-9-16(10-8-15)19(3)23(4,21)22/h5-11H,1-4H3,(H,18,20). The molecule has 0 aliphatic rings. The van der Waals surface area contributed by atoms with Gasteiger partial charge in [-0.25, -0.2) is 8.42 Å². The van der Waals surface area contributed by atoms with Crippen molar-refractivity contribution in [3.63, 3.8) is 0 Å². The first-order chi connectivity index (χ1) is 10.7. The Hall–Kier alpha value is -2.34. The number of hydrogen-bond donors (Lipinski definition) is 1. The second kappa shape index (κ2) is 6.42. The monoisotopic (exact) mass is 332 g/mol. The summed E-state index contributed by atoms with van der Waals surface area (Å²) in [5, 5.41) is 2.80. The van der Waals surface area contributed by atoms with Gasteiger partial charge >= 0.3 is 0 Å². The maximum absolute atomic E-state index is 12.2. The summed E-state index contributed by atoms with van der Waals surface area (Å²) in [7, 11) is -1.81. The Morgan fingerprint density at radius 2 is 1.61 bits per heavy atom. The lowest BCUT2D eigenvalue weighted by molar-refractivity contribution is 0.102. The van der Waals surface area contributed by atoms with Crippen LogP contribution in [0, 0.1) is 13.8 Å². The van der Waals surface area contributed by atoms with Gasteiger partial charge in [-0.15, -0.1) is 0 Å². The highest BCUT2D eigenvalue weighted by molar-refractivity contribution is 7.92. The molecule has 0 heterocycles. The highest BCUT2D eigenvalue weighted by Gasteiger charge is 2.12. The van der Waals surface area contributed by atoms with E-state index in [1.54, 1.807) is 30.3 Å². The van der Waals surface area contributed by atoms with Crippen LogP contribution in [0.5, 0.6) is 0 Å². The topological polar surface area (TPSA) is 66.5 Å². The number of anilines is 2. The molecule has 122 valence electrons. The lowest BCUT2D eigenvalue weighted by Gasteiger charge is -2.17. The molecule has 0 unspecified atom stereocenters. The fourth-order valence-electron chi connectivity index (χ4n) is 2.03. The van der Waals surface area contributed by atoms with Gasteiger partial charge in [-0.05, 0) is 61.4 Å². The highest BCUT2D eigenvalue weighted by Crippen LogP contribution is 2.19. The summed E-state index contributed by atoms with van der Waals surface area (Å²) in [5.74, 6) is -0.197. The van der Waals surface area contributed by atoms with Crippen molar-refractivity contribution in [2.75, 3.05) is 22.9 Å². The van der Waals surface area contributed by atoms with Gasteiger partial charge in [0, 0.05) is 18.3 Å². The number of carbonyl (C=O) groups is 1. The molecular formula is C17H20N2O3S. The maximum atomic E-state index is 12.2. The van der Waals surface area contributed by atoms with E-state index in [1.165, 1.54) is 11.4 Å². The maximum Gasteiger partial charge on any atom is 0.255 e. The lowest BCUT2D eigenvalue weighted by Crippen LogP contribution is -2.24. The Labute approximate surface area is 137 Å². The molecule has 2 aromatic rings. The van der Waals surface area contributed by atoms with Gasteiger partial charge in [0.2, 0.25) is 10.0 Å². The smallest absolute Gasteiger partial charge is 0.255 e. The van der Waals surface area contributed by atoms with Crippen LogP contribution in [0.2, 0.25) is 0 Å².